The number of amides is 2. The smallest absolute Gasteiger partial charge is 0.264 e. The molecule has 0 bridgehead atoms. The second kappa shape index (κ2) is 10.6. The first kappa shape index (κ1) is 23.8. The number of rotatable bonds is 9. The van der Waals surface area contributed by atoms with Crippen LogP contribution in [0, 0.1) is 0 Å². The molecule has 3 rings (SSSR count). The Morgan fingerprint density at radius 1 is 0.909 bits per heavy atom. The standard InChI is InChI=1S/C24H25N3O5S/c1-18(28)26-20-8-14-23(15-9-20)33(30,31)27(21-10-12-22(32-2)13-11-21)17-24(29)25-16-19-6-4-3-5-7-19/h3-15H,16-17H2,1-2H3,(H,25,29)(H,26,28). The van der Waals surface area contributed by atoms with Crippen LogP contribution in [0.25, 0.3) is 0 Å². The van der Waals surface area contributed by atoms with Gasteiger partial charge in [0.05, 0.1) is 17.7 Å². The molecule has 3 aromatic carbocycles. The van der Waals surface area contributed by atoms with E-state index in [0.29, 0.717) is 17.1 Å². The molecule has 0 unspecified atom stereocenters. The van der Waals surface area contributed by atoms with Gasteiger partial charge >= 0.3 is 0 Å². The fraction of sp³-hybridized carbons (Fsp3) is 0.167. The fourth-order valence-electron chi connectivity index (χ4n) is 3.09. The highest BCUT2D eigenvalue weighted by molar-refractivity contribution is 7.92. The lowest BCUT2D eigenvalue weighted by atomic mass is 10.2. The molecule has 0 spiro atoms. The first-order valence-electron chi connectivity index (χ1n) is 10.1. The Balaban J connectivity index is 1.86. The van der Waals surface area contributed by atoms with Crippen LogP contribution in [0.15, 0.2) is 83.8 Å². The molecule has 172 valence electrons. The Morgan fingerprint density at radius 2 is 1.55 bits per heavy atom. The number of hydrogen-bond acceptors (Lipinski definition) is 5. The van der Waals surface area contributed by atoms with E-state index in [0.717, 1.165) is 9.87 Å². The molecule has 0 fully saturated rings. The largest absolute Gasteiger partial charge is 0.497 e. The van der Waals surface area contributed by atoms with E-state index in [4.69, 9.17) is 4.74 Å². The minimum Gasteiger partial charge on any atom is -0.497 e. The number of carbonyl (C=O) groups is 2. The molecule has 2 N–H and O–H groups in total. The van der Waals surface area contributed by atoms with E-state index >= 15 is 0 Å². The maximum Gasteiger partial charge on any atom is 0.264 e. The summed E-state index contributed by atoms with van der Waals surface area (Å²) in [6, 6.07) is 21.5. The number of ether oxygens (including phenoxy) is 1. The third kappa shape index (κ3) is 6.33. The molecule has 0 atom stereocenters. The highest BCUT2D eigenvalue weighted by Gasteiger charge is 2.27. The summed E-state index contributed by atoms with van der Waals surface area (Å²) in [7, 11) is -2.57. The average molecular weight is 468 g/mol. The molecule has 0 saturated heterocycles. The van der Waals surface area contributed by atoms with Gasteiger partial charge in [-0.05, 0) is 54.1 Å². The molecule has 0 saturated carbocycles. The molecule has 2 amide bonds. The molecular weight excluding hydrogens is 442 g/mol. The van der Waals surface area contributed by atoms with Crippen LogP contribution in [0.5, 0.6) is 5.75 Å². The summed E-state index contributed by atoms with van der Waals surface area (Å²) < 4.78 is 33.1. The van der Waals surface area contributed by atoms with Crippen molar-refractivity contribution in [1.29, 1.82) is 0 Å². The number of nitrogens with one attached hydrogen (secondary N) is 2. The summed E-state index contributed by atoms with van der Waals surface area (Å²) in [6.45, 7) is 1.24. The summed E-state index contributed by atoms with van der Waals surface area (Å²) in [5.74, 6) is -0.155. The van der Waals surface area contributed by atoms with Crippen LogP contribution in [0.3, 0.4) is 0 Å². The lowest BCUT2D eigenvalue weighted by Gasteiger charge is -2.24. The first-order chi connectivity index (χ1) is 15.8. The van der Waals surface area contributed by atoms with Crippen LogP contribution in [0.2, 0.25) is 0 Å². The quantitative estimate of drug-likeness (QED) is 0.503. The van der Waals surface area contributed by atoms with Gasteiger partial charge < -0.3 is 15.4 Å². The predicted octanol–water partition coefficient (Wildman–Crippen LogP) is 3.17. The number of hydrogen-bond donors (Lipinski definition) is 2. The molecule has 0 aliphatic rings. The van der Waals surface area contributed by atoms with Crippen molar-refractivity contribution in [3.63, 3.8) is 0 Å². The summed E-state index contributed by atoms with van der Waals surface area (Å²) in [5, 5.41) is 5.35. The van der Waals surface area contributed by atoms with Crippen molar-refractivity contribution in [3.8, 4) is 5.75 Å². The van der Waals surface area contributed by atoms with Crippen LogP contribution in [0.4, 0.5) is 11.4 Å². The van der Waals surface area contributed by atoms with Crippen molar-refractivity contribution in [2.45, 2.75) is 18.4 Å². The van der Waals surface area contributed by atoms with Crippen molar-refractivity contribution in [2.24, 2.45) is 0 Å². The Hall–Kier alpha value is -3.85. The van der Waals surface area contributed by atoms with Crippen LogP contribution in [-0.4, -0.2) is 33.9 Å². The topological polar surface area (TPSA) is 105 Å². The molecule has 8 nitrogen and oxygen atoms in total. The molecule has 33 heavy (non-hydrogen) atoms. The summed E-state index contributed by atoms with van der Waals surface area (Å²) in [6.07, 6.45) is 0. The first-order valence-corrected chi connectivity index (χ1v) is 11.6. The Labute approximate surface area is 193 Å². The number of anilines is 2. The monoisotopic (exact) mass is 467 g/mol. The van der Waals surface area contributed by atoms with Crippen LogP contribution in [0.1, 0.15) is 12.5 Å². The van der Waals surface area contributed by atoms with Crippen molar-refractivity contribution < 1.29 is 22.7 Å². The Kier molecular flexibility index (Phi) is 7.68. The summed E-state index contributed by atoms with van der Waals surface area (Å²) >= 11 is 0. The van der Waals surface area contributed by atoms with Gasteiger partial charge in [0.1, 0.15) is 12.3 Å². The van der Waals surface area contributed by atoms with Crippen molar-refractivity contribution >= 4 is 33.2 Å². The summed E-state index contributed by atoms with van der Waals surface area (Å²) in [4.78, 5) is 23.9. The van der Waals surface area contributed by atoms with Crippen LogP contribution in [-0.2, 0) is 26.2 Å². The van der Waals surface area contributed by atoms with E-state index < -0.39 is 22.5 Å². The van der Waals surface area contributed by atoms with Gasteiger partial charge in [0, 0.05) is 19.2 Å². The van der Waals surface area contributed by atoms with E-state index in [1.807, 2.05) is 30.3 Å². The SMILES string of the molecule is COc1ccc(N(CC(=O)NCc2ccccc2)S(=O)(=O)c2ccc(NC(C)=O)cc2)cc1. The van der Waals surface area contributed by atoms with Gasteiger partial charge in [-0.3, -0.25) is 13.9 Å². The second-order valence-electron chi connectivity index (χ2n) is 7.18. The zero-order valence-electron chi connectivity index (χ0n) is 18.3. The lowest BCUT2D eigenvalue weighted by molar-refractivity contribution is -0.119. The Bertz CT molecular complexity index is 1200. The molecule has 0 heterocycles. The van der Waals surface area contributed by atoms with Crippen molar-refractivity contribution in [3.05, 3.63) is 84.4 Å². The van der Waals surface area contributed by atoms with E-state index in [-0.39, 0.29) is 17.3 Å². The van der Waals surface area contributed by atoms with E-state index in [1.165, 1.54) is 38.3 Å². The number of carbonyl (C=O) groups excluding carboxylic acids is 2. The maximum atomic E-state index is 13.5. The molecule has 9 heteroatoms. The maximum absolute atomic E-state index is 13.5. The Morgan fingerprint density at radius 3 is 2.12 bits per heavy atom. The van der Waals surface area contributed by atoms with E-state index in [1.54, 1.807) is 24.3 Å². The van der Waals surface area contributed by atoms with Crippen molar-refractivity contribution in [2.75, 3.05) is 23.3 Å². The highest BCUT2D eigenvalue weighted by atomic mass is 32.2. The molecule has 3 aromatic rings. The van der Waals surface area contributed by atoms with E-state index in [9.17, 15) is 18.0 Å². The van der Waals surface area contributed by atoms with Gasteiger partial charge in [-0.25, -0.2) is 8.42 Å². The molecule has 0 aromatic heterocycles. The molecule has 0 aliphatic carbocycles. The third-order valence-electron chi connectivity index (χ3n) is 4.74. The van der Waals surface area contributed by atoms with Gasteiger partial charge in [-0.2, -0.15) is 0 Å². The number of sulfonamides is 1. The highest BCUT2D eigenvalue weighted by Crippen LogP contribution is 2.26. The average Bonchev–Trinajstić information content (AvgIpc) is 2.82. The van der Waals surface area contributed by atoms with Gasteiger partial charge in [0.2, 0.25) is 11.8 Å². The van der Waals surface area contributed by atoms with Gasteiger partial charge in [-0.15, -0.1) is 0 Å². The van der Waals surface area contributed by atoms with Crippen LogP contribution < -0.4 is 19.7 Å². The summed E-state index contributed by atoms with van der Waals surface area (Å²) in [5.41, 5.74) is 1.69. The zero-order chi connectivity index (χ0) is 23.8. The zero-order valence-corrected chi connectivity index (χ0v) is 19.1. The van der Waals surface area contributed by atoms with E-state index in [2.05, 4.69) is 10.6 Å². The van der Waals surface area contributed by atoms with Gasteiger partial charge in [0.25, 0.3) is 10.0 Å². The fourth-order valence-corrected chi connectivity index (χ4v) is 4.51. The third-order valence-corrected chi connectivity index (χ3v) is 6.53. The van der Waals surface area contributed by atoms with Gasteiger partial charge in [-0.1, -0.05) is 30.3 Å². The minimum absolute atomic E-state index is 0.0109. The van der Waals surface area contributed by atoms with Crippen LogP contribution >= 0.6 is 0 Å². The number of methoxy groups -OCH3 is 1. The molecular formula is C24H25N3O5S. The molecule has 0 aliphatic heterocycles. The minimum atomic E-state index is -4.08. The lowest BCUT2D eigenvalue weighted by Crippen LogP contribution is -2.40. The predicted molar refractivity (Wildman–Crippen MR) is 127 cm³/mol. The normalized spacial score (nSPS) is 10.8. The van der Waals surface area contributed by atoms with Crippen molar-refractivity contribution in [1.82, 2.24) is 5.32 Å². The number of nitrogens with zero attached hydrogens (tertiary/aromatic N) is 1. The van der Waals surface area contributed by atoms with Gasteiger partial charge in [0.15, 0.2) is 0 Å². The second-order valence-corrected chi connectivity index (χ2v) is 9.04. The number of benzene rings is 3. The molecule has 0 radical (unpaired) electrons.